The predicted octanol–water partition coefficient (Wildman–Crippen LogP) is -19.3. The van der Waals surface area contributed by atoms with Gasteiger partial charge in [0.25, 0.3) is 5.89 Å². The summed E-state index contributed by atoms with van der Waals surface area (Å²) < 4.78 is 36.3. The number of halogens is 1. The van der Waals surface area contributed by atoms with Crippen molar-refractivity contribution in [3.63, 3.8) is 0 Å². The fourth-order valence-corrected chi connectivity index (χ4v) is 4.20. The van der Waals surface area contributed by atoms with E-state index >= 15 is 0 Å². The van der Waals surface area contributed by atoms with Gasteiger partial charge in [-0.3, -0.25) is 0 Å². The van der Waals surface area contributed by atoms with Gasteiger partial charge >= 0.3 is 257 Å². The number of hydrogen-bond acceptors (Lipinski definition) is 17. The van der Waals surface area contributed by atoms with Crippen LogP contribution < -0.4 is 302 Å². The van der Waals surface area contributed by atoms with Crippen LogP contribution in [0.1, 0.15) is 10.6 Å². The zero-order chi connectivity index (χ0) is 33.5. The summed E-state index contributed by atoms with van der Waals surface area (Å²) in [6.45, 7) is -4.25. The maximum Gasteiger partial charge on any atom is 1.00 e. The number of carboxylic acid groups (broad SMARTS) is 5. The average molecular weight is 836 g/mol. The molecule has 0 radical (unpaired) electrons. The van der Waals surface area contributed by atoms with E-state index in [1.807, 2.05) is 0 Å². The Morgan fingerprint density at radius 3 is 1.73 bits per heavy atom. The zero-order valence-corrected chi connectivity index (χ0v) is 43.8. The van der Waals surface area contributed by atoms with E-state index in [9.17, 15) is 53.9 Å². The Hall–Kier alpha value is 1.85. The number of fused-ring (bicyclic) bond motifs is 1. The number of carbonyl (C=O) groups excluding carboxylic acids is 5. The minimum Gasteiger partial charge on any atom is -0.548 e. The van der Waals surface area contributed by atoms with Gasteiger partial charge in [0.05, 0.1) is 61.9 Å². The summed E-state index contributed by atoms with van der Waals surface area (Å²) in [5, 5.41) is 56.2. The smallest absolute Gasteiger partial charge is 0.548 e. The molecule has 0 atom stereocenters. The summed E-state index contributed by atoms with van der Waals surface area (Å²) >= 11 is 0. The van der Waals surface area contributed by atoms with Crippen LogP contribution in [0.5, 0.6) is 11.5 Å². The van der Waals surface area contributed by atoms with E-state index in [0.717, 1.165) is 34.2 Å². The normalized spacial score (nSPS) is 9.75. The minimum absolute atomic E-state index is 0. The summed E-state index contributed by atoms with van der Waals surface area (Å²) in [5.41, 5.74) is -0.0923. The summed E-state index contributed by atoms with van der Waals surface area (Å²) in [4.78, 5) is 61.4. The molecule has 0 aliphatic rings. The number of aromatic carboxylic acids is 1. The maximum atomic E-state index is 14.5. The number of benzene rings is 2. The van der Waals surface area contributed by atoms with Crippen LogP contribution in [0.4, 0.5) is 15.8 Å². The number of oxazole rings is 1. The molecule has 4 aromatic rings. The Morgan fingerprint density at radius 1 is 0.686 bits per heavy atom. The van der Waals surface area contributed by atoms with Crippen LogP contribution in [0.15, 0.2) is 51.4 Å². The Kier molecular flexibility index (Phi) is 28.8. The summed E-state index contributed by atoms with van der Waals surface area (Å²) in [6, 6.07) is 7.01. The molecule has 0 saturated carbocycles. The average Bonchev–Trinajstić information content (AvgIpc) is 3.61. The number of aromatic nitrogens is 1. The Bertz CT molecular complexity index is 1790. The molecule has 2 aromatic carbocycles. The van der Waals surface area contributed by atoms with Crippen molar-refractivity contribution >= 4 is 52.2 Å². The standard InChI is InChI=1S/C28H24FN3O14.5K/c29-16-2-1-15(31(10-23(33)34)11-24(35)36)7-19(16)43-3-4-44-20-5-14-6-21(27-30-9-22(46-27)28(41)42)45-18(14)8-17(20)32(12-25(37)38)13-26(39)40;;;;;/h1-2,5-9H,3-4,10-13H2,(H,33,34)(H,35,36)(H,37,38)(H,39,40)(H,41,42);;;;;/q;5*+1/p-5. The molecule has 2 heterocycles. The second kappa shape index (κ2) is 26.7. The predicted molar refractivity (Wildman–Crippen MR) is 138 cm³/mol. The van der Waals surface area contributed by atoms with Crippen LogP contribution in [0.3, 0.4) is 0 Å². The number of nitrogens with zero attached hydrogens (tertiary/aromatic N) is 3. The van der Waals surface area contributed by atoms with Crippen molar-refractivity contribution in [3.05, 3.63) is 54.2 Å². The van der Waals surface area contributed by atoms with Gasteiger partial charge in [0.15, 0.2) is 23.1 Å². The number of carboxylic acids is 5. The summed E-state index contributed by atoms with van der Waals surface area (Å²) in [5.74, 6) is -10.4. The maximum absolute atomic E-state index is 14.5. The van der Waals surface area contributed by atoms with Gasteiger partial charge in [0.1, 0.15) is 30.5 Å². The van der Waals surface area contributed by atoms with Crippen molar-refractivity contribution in [3.8, 4) is 23.1 Å². The van der Waals surface area contributed by atoms with Crippen LogP contribution in [-0.4, -0.2) is 74.2 Å². The Morgan fingerprint density at radius 2 is 1.22 bits per heavy atom. The molecule has 4 rings (SSSR count). The first kappa shape index (κ1) is 55.0. The number of furan rings is 1. The third kappa shape index (κ3) is 17.1. The molecule has 0 amide bonds. The molecule has 0 bridgehead atoms. The second-order valence-electron chi connectivity index (χ2n) is 9.30. The monoisotopic (exact) mass is 835 g/mol. The van der Waals surface area contributed by atoms with Crippen LogP contribution >= 0.6 is 0 Å². The molecule has 23 heteroatoms. The van der Waals surface area contributed by atoms with E-state index in [-0.39, 0.29) is 304 Å². The van der Waals surface area contributed by atoms with E-state index in [0.29, 0.717) is 5.39 Å². The molecule has 0 fully saturated rings. The van der Waals surface area contributed by atoms with Gasteiger partial charge in [-0.25, -0.2) is 9.37 Å². The first-order valence-corrected chi connectivity index (χ1v) is 12.9. The molecule has 242 valence electrons. The van der Waals surface area contributed by atoms with Gasteiger partial charge in [-0.15, -0.1) is 0 Å². The quantitative estimate of drug-likeness (QED) is 0.0706. The third-order valence-electron chi connectivity index (χ3n) is 6.01. The number of anilines is 2. The molecular weight excluding hydrogens is 817 g/mol. The molecule has 51 heavy (non-hydrogen) atoms. The topological polar surface area (TPSA) is 265 Å². The fraction of sp³-hybridized carbons (Fsp3) is 0.214. The van der Waals surface area contributed by atoms with Gasteiger partial charge in [0, 0.05) is 23.2 Å². The van der Waals surface area contributed by atoms with Crippen molar-refractivity contribution in [1.29, 1.82) is 0 Å². The Balaban J connectivity index is 0. The number of rotatable bonds is 17. The molecule has 0 spiro atoms. The molecule has 17 nitrogen and oxygen atoms in total. The SMILES string of the molecule is O=C([O-])CN(CC(=O)[O-])c1ccc(F)c(OCCOc2cc3cc(-c4ncc(C(=O)[O-])o4)oc3cc2N(CC(=O)[O-])CC(=O)[O-])c1.[K+].[K+].[K+].[K+].[K+]. The van der Waals surface area contributed by atoms with Crippen molar-refractivity contribution in [2.75, 3.05) is 49.2 Å². The summed E-state index contributed by atoms with van der Waals surface area (Å²) in [6.07, 6.45) is 0.891. The number of hydrogen-bond donors (Lipinski definition) is 0. The number of ether oxygens (including phenoxy) is 2. The third-order valence-corrected chi connectivity index (χ3v) is 6.01. The van der Waals surface area contributed by atoms with E-state index in [2.05, 4.69) is 4.98 Å². The van der Waals surface area contributed by atoms with Crippen LogP contribution in [-0.2, 0) is 19.2 Å². The van der Waals surface area contributed by atoms with Gasteiger partial charge in [-0.05, 0) is 24.3 Å². The van der Waals surface area contributed by atoms with E-state index < -0.39 is 73.4 Å². The molecule has 2 aromatic heterocycles. The van der Waals surface area contributed by atoms with Crippen LogP contribution in [0.25, 0.3) is 22.6 Å². The van der Waals surface area contributed by atoms with E-state index in [4.69, 9.17) is 18.3 Å². The van der Waals surface area contributed by atoms with Crippen molar-refractivity contribution in [1.82, 2.24) is 4.98 Å². The van der Waals surface area contributed by atoms with Gasteiger partial charge in [-0.2, -0.15) is 0 Å². The van der Waals surface area contributed by atoms with Crippen molar-refractivity contribution < 1.29 is 329 Å². The number of carbonyl (C=O) groups is 5. The number of aliphatic carboxylic acids is 4. The van der Waals surface area contributed by atoms with Gasteiger partial charge < -0.3 is 77.6 Å². The largest absolute Gasteiger partial charge is 1.00 e. The van der Waals surface area contributed by atoms with Crippen molar-refractivity contribution in [2.24, 2.45) is 0 Å². The fourth-order valence-electron chi connectivity index (χ4n) is 4.20. The van der Waals surface area contributed by atoms with E-state index in [1.165, 1.54) is 18.2 Å². The first-order valence-electron chi connectivity index (χ1n) is 12.9. The molecule has 0 N–H and O–H groups in total. The molecule has 0 saturated heterocycles. The van der Waals surface area contributed by atoms with Crippen LogP contribution in [0, 0.1) is 5.82 Å². The van der Waals surface area contributed by atoms with E-state index in [1.54, 1.807) is 0 Å². The molecular formula is C28H19FK5N3O14. The molecule has 0 aliphatic carbocycles. The minimum atomic E-state index is -1.65. The van der Waals surface area contributed by atoms with Crippen LogP contribution in [0.2, 0.25) is 0 Å². The first-order chi connectivity index (χ1) is 21.8. The molecule has 0 aliphatic heterocycles. The zero-order valence-electron chi connectivity index (χ0n) is 28.2. The Labute approximate surface area is 500 Å². The second-order valence-corrected chi connectivity index (χ2v) is 9.30. The molecule has 0 unspecified atom stereocenters. The van der Waals surface area contributed by atoms with Gasteiger partial charge in [0.2, 0.25) is 0 Å². The van der Waals surface area contributed by atoms with Crippen molar-refractivity contribution in [2.45, 2.75) is 0 Å². The summed E-state index contributed by atoms with van der Waals surface area (Å²) in [7, 11) is 0. The van der Waals surface area contributed by atoms with Gasteiger partial charge in [-0.1, -0.05) is 0 Å².